The number of anilines is 2. The molecule has 0 saturated carbocycles. The second-order valence-electron chi connectivity index (χ2n) is 6.07. The van der Waals surface area contributed by atoms with Crippen molar-refractivity contribution in [2.24, 2.45) is 0 Å². The van der Waals surface area contributed by atoms with Gasteiger partial charge in [0, 0.05) is 26.2 Å². The Balaban J connectivity index is 2.06. The highest BCUT2D eigenvalue weighted by Gasteiger charge is 2.33. The maximum Gasteiger partial charge on any atom is 0.359 e. The molecule has 0 bridgehead atoms. The number of aryl methyl sites for hydroxylation is 1. The third-order valence-electron chi connectivity index (χ3n) is 4.53. The van der Waals surface area contributed by atoms with E-state index in [1.165, 1.54) is 2.78 Å². The second-order valence-corrected chi connectivity index (χ2v) is 7.04. The molecule has 1 atom stereocenters. The molecule has 0 radical (unpaired) electrons. The van der Waals surface area contributed by atoms with Gasteiger partial charge < -0.3 is 15.1 Å². The van der Waals surface area contributed by atoms with Gasteiger partial charge in [-0.1, -0.05) is 0 Å². The van der Waals surface area contributed by atoms with Crippen LogP contribution in [-0.2, 0) is 0 Å². The van der Waals surface area contributed by atoms with E-state index in [1.807, 2.05) is 0 Å². The summed E-state index contributed by atoms with van der Waals surface area (Å²) in [6, 6.07) is 0.173. The molecule has 4 rings (SSSR count). The van der Waals surface area contributed by atoms with Gasteiger partial charge in [0.15, 0.2) is 5.82 Å². The lowest BCUT2D eigenvalue weighted by Gasteiger charge is -2.39. The predicted octanol–water partition coefficient (Wildman–Crippen LogP) is 0.983. The van der Waals surface area contributed by atoms with Gasteiger partial charge >= 0.3 is 5.69 Å². The Bertz CT molecular complexity index is 869. The largest absolute Gasteiger partial charge is 0.367 e. The summed E-state index contributed by atoms with van der Waals surface area (Å²) in [6.07, 6.45) is 0. The molecule has 122 valence electrons. The maximum atomic E-state index is 14.7. The Labute approximate surface area is 146 Å². The van der Waals surface area contributed by atoms with Crippen molar-refractivity contribution in [1.29, 1.82) is 0 Å². The number of hydrogen-bond donors (Lipinski definition) is 1. The number of halogens is 2. The van der Waals surface area contributed by atoms with Crippen molar-refractivity contribution >= 4 is 45.4 Å². The zero-order valence-corrected chi connectivity index (χ0v) is 15.0. The standard InChI is InChI=1S/C14H16FIN6O/c1-7-10(15)11-9-12(18-7)17-5-8-6-20(2)3-4-21(8)13(9)19-14(23)22(11)16/h8H,3-6H2,1-2H3,(H,17,18). The Hall–Kier alpha value is -1.49. The molecule has 0 aliphatic carbocycles. The average molecular weight is 430 g/mol. The molecule has 23 heavy (non-hydrogen) atoms. The number of rotatable bonds is 0. The second kappa shape index (κ2) is 5.26. The molecule has 1 N–H and O–H groups in total. The van der Waals surface area contributed by atoms with Crippen molar-refractivity contribution in [3.05, 3.63) is 22.0 Å². The summed E-state index contributed by atoms with van der Waals surface area (Å²) in [5.74, 6) is 0.680. The highest BCUT2D eigenvalue weighted by Crippen LogP contribution is 2.36. The minimum Gasteiger partial charge on any atom is -0.367 e. The first kappa shape index (κ1) is 15.1. The van der Waals surface area contributed by atoms with E-state index in [0.29, 0.717) is 23.6 Å². The van der Waals surface area contributed by atoms with Crippen LogP contribution in [0.5, 0.6) is 0 Å². The van der Waals surface area contributed by atoms with Crippen LogP contribution >= 0.6 is 22.9 Å². The lowest BCUT2D eigenvalue weighted by Crippen LogP contribution is -2.54. The summed E-state index contributed by atoms with van der Waals surface area (Å²) in [7, 11) is 2.07. The van der Waals surface area contributed by atoms with E-state index in [4.69, 9.17) is 0 Å². The number of hydrogen-bond acceptors (Lipinski definition) is 6. The maximum absolute atomic E-state index is 14.7. The van der Waals surface area contributed by atoms with Crippen molar-refractivity contribution < 1.29 is 4.39 Å². The molecule has 0 spiro atoms. The van der Waals surface area contributed by atoms with E-state index in [-0.39, 0.29) is 17.3 Å². The monoisotopic (exact) mass is 430 g/mol. The molecule has 7 nitrogen and oxygen atoms in total. The minimum atomic E-state index is -0.465. The first-order valence-corrected chi connectivity index (χ1v) is 8.42. The first-order chi connectivity index (χ1) is 11.0. The van der Waals surface area contributed by atoms with E-state index in [2.05, 4.69) is 32.1 Å². The van der Waals surface area contributed by atoms with E-state index < -0.39 is 11.5 Å². The normalized spacial score (nSPS) is 21.0. The third-order valence-corrected chi connectivity index (χ3v) is 5.43. The quantitative estimate of drug-likeness (QED) is 0.629. The minimum absolute atomic E-state index is 0.173. The van der Waals surface area contributed by atoms with Gasteiger partial charge in [-0.05, 0) is 14.0 Å². The highest BCUT2D eigenvalue weighted by molar-refractivity contribution is 14.1. The lowest BCUT2D eigenvalue weighted by atomic mass is 10.1. The smallest absolute Gasteiger partial charge is 0.359 e. The van der Waals surface area contributed by atoms with E-state index in [1.54, 1.807) is 29.8 Å². The summed E-state index contributed by atoms with van der Waals surface area (Å²) in [6.45, 7) is 4.79. The zero-order valence-electron chi connectivity index (χ0n) is 12.8. The van der Waals surface area contributed by atoms with Crippen molar-refractivity contribution in [2.75, 3.05) is 43.4 Å². The van der Waals surface area contributed by atoms with Gasteiger partial charge in [0.25, 0.3) is 0 Å². The number of nitrogens with one attached hydrogen (secondary N) is 1. The number of pyridine rings is 1. The van der Waals surface area contributed by atoms with Gasteiger partial charge in [-0.15, -0.1) is 0 Å². The molecule has 0 amide bonds. The molecule has 0 aromatic carbocycles. The molecule has 2 aromatic rings. The van der Waals surface area contributed by atoms with Gasteiger partial charge in [-0.2, -0.15) is 4.98 Å². The topological polar surface area (TPSA) is 66.3 Å². The first-order valence-electron chi connectivity index (χ1n) is 7.45. The van der Waals surface area contributed by atoms with Gasteiger partial charge in [0.1, 0.15) is 17.2 Å². The average Bonchev–Trinajstić information content (AvgIpc) is 2.65. The number of fused-ring (bicyclic) bond motifs is 2. The Morgan fingerprint density at radius 3 is 2.91 bits per heavy atom. The number of nitrogens with zero attached hydrogens (tertiary/aromatic N) is 5. The van der Waals surface area contributed by atoms with Gasteiger partial charge in [0.05, 0.1) is 40.0 Å². The molecule has 1 fully saturated rings. The van der Waals surface area contributed by atoms with Crippen LogP contribution in [0, 0.1) is 12.7 Å². The molecule has 2 aromatic heterocycles. The Kier molecular flexibility index (Phi) is 3.45. The van der Waals surface area contributed by atoms with E-state index in [0.717, 1.165) is 19.6 Å². The van der Waals surface area contributed by atoms with Gasteiger partial charge in [-0.3, -0.25) is 0 Å². The van der Waals surface area contributed by atoms with Crippen LogP contribution < -0.4 is 15.9 Å². The van der Waals surface area contributed by atoms with Crippen molar-refractivity contribution in [3.8, 4) is 0 Å². The fraction of sp³-hybridized carbons (Fsp3) is 0.500. The SMILES string of the molecule is Cc1nc2c3c(nc(=O)n(I)c3c1F)N1CCN(C)CC1CN2. The molecular formula is C14H16FIN6O. The van der Waals surface area contributed by atoms with Crippen LogP contribution in [0.15, 0.2) is 4.79 Å². The lowest BCUT2D eigenvalue weighted by molar-refractivity contribution is 0.272. The van der Waals surface area contributed by atoms with E-state index >= 15 is 0 Å². The van der Waals surface area contributed by atoms with Crippen molar-refractivity contribution in [1.82, 2.24) is 17.6 Å². The fourth-order valence-corrected chi connectivity index (χ4v) is 3.92. The Morgan fingerprint density at radius 1 is 1.35 bits per heavy atom. The van der Waals surface area contributed by atoms with Crippen molar-refractivity contribution in [3.63, 3.8) is 0 Å². The van der Waals surface area contributed by atoms with E-state index in [9.17, 15) is 9.18 Å². The molecule has 2 aliphatic heterocycles. The predicted molar refractivity (Wildman–Crippen MR) is 95.0 cm³/mol. The molecule has 9 heteroatoms. The number of likely N-dealkylation sites (N-methyl/N-ethyl adjacent to an activating group) is 1. The van der Waals surface area contributed by atoms with Crippen LogP contribution in [0.25, 0.3) is 10.9 Å². The van der Waals surface area contributed by atoms with Gasteiger partial charge in [0.2, 0.25) is 0 Å². The van der Waals surface area contributed by atoms with Crippen LogP contribution in [0.3, 0.4) is 0 Å². The molecule has 2 aliphatic rings. The summed E-state index contributed by atoms with van der Waals surface area (Å²) >= 11 is 1.80. The molecular weight excluding hydrogens is 414 g/mol. The summed E-state index contributed by atoms with van der Waals surface area (Å²) in [5.41, 5.74) is 0.0808. The summed E-state index contributed by atoms with van der Waals surface area (Å²) in [5, 5.41) is 3.91. The van der Waals surface area contributed by atoms with Crippen LogP contribution in [0.1, 0.15) is 5.69 Å². The van der Waals surface area contributed by atoms with Crippen molar-refractivity contribution in [2.45, 2.75) is 13.0 Å². The summed E-state index contributed by atoms with van der Waals surface area (Å²) in [4.78, 5) is 25.2. The Morgan fingerprint density at radius 2 is 2.13 bits per heavy atom. The number of aromatic nitrogens is 3. The number of piperazine rings is 1. The molecule has 1 saturated heterocycles. The fourth-order valence-electron chi connectivity index (χ4n) is 3.36. The van der Waals surface area contributed by atoms with Gasteiger partial charge in [-0.25, -0.2) is 16.9 Å². The third kappa shape index (κ3) is 2.20. The molecule has 4 heterocycles. The van der Waals surface area contributed by atoms with Crippen LogP contribution in [0.2, 0.25) is 0 Å². The zero-order chi connectivity index (χ0) is 16.3. The highest BCUT2D eigenvalue weighted by atomic mass is 127. The molecule has 1 unspecified atom stereocenters. The van der Waals surface area contributed by atoms with Crippen LogP contribution in [0.4, 0.5) is 16.0 Å². The van der Waals surface area contributed by atoms with Crippen LogP contribution in [-0.4, -0.2) is 56.9 Å². The summed E-state index contributed by atoms with van der Waals surface area (Å²) < 4.78 is 15.9.